The molecule has 0 atom stereocenters. The van der Waals surface area contributed by atoms with Crippen molar-refractivity contribution in [3.8, 4) is 23.0 Å². The molecule has 1 aromatic heterocycles. The number of fused-ring (bicyclic) bond motifs is 8. The summed E-state index contributed by atoms with van der Waals surface area (Å²) in [6.07, 6.45) is 2.96. The van der Waals surface area contributed by atoms with Crippen LogP contribution in [0.4, 0.5) is 0 Å². The Morgan fingerprint density at radius 3 is 2.25 bits per heavy atom. The Balaban J connectivity index is 1.61. The molecule has 4 aromatic carbocycles. The van der Waals surface area contributed by atoms with Crippen molar-refractivity contribution < 1.29 is 23.5 Å². The van der Waals surface area contributed by atoms with E-state index in [1.807, 2.05) is 6.07 Å². The van der Waals surface area contributed by atoms with Gasteiger partial charge in [-0.1, -0.05) is 30.3 Å². The molecule has 0 saturated heterocycles. The molecular weight excluding hydrogens is 402 g/mol. The van der Waals surface area contributed by atoms with Gasteiger partial charge in [0, 0.05) is 5.39 Å². The van der Waals surface area contributed by atoms with Crippen LogP contribution in [0.3, 0.4) is 0 Å². The summed E-state index contributed by atoms with van der Waals surface area (Å²) in [6.45, 7) is 0.521. The highest BCUT2D eigenvalue weighted by molar-refractivity contribution is 6.16. The number of nitrogens with zero attached hydrogens (tertiary/aromatic N) is 1. The van der Waals surface area contributed by atoms with Crippen LogP contribution in [0.15, 0.2) is 66.9 Å². The van der Waals surface area contributed by atoms with E-state index in [4.69, 9.17) is 18.9 Å². The van der Waals surface area contributed by atoms with Gasteiger partial charge in [-0.3, -0.25) is 0 Å². The molecular formula is C27H20NO4+. The second-order valence-electron chi connectivity index (χ2n) is 8.35. The van der Waals surface area contributed by atoms with Crippen LogP contribution < -0.4 is 23.5 Å². The fraction of sp³-hybridized carbons (Fsp3) is 0.148. The van der Waals surface area contributed by atoms with Crippen molar-refractivity contribution in [1.29, 1.82) is 0 Å². The van der Waals surface area contributed by atoms with Gasteiger partial charge in [0.25, 0.3) is 0 Å². The van der Waals surface area contributed by atoms with Crippen molar-refractivity contribution in [2.75, 3.05) is 13.6 Å². The van der Waals surface area contributed by atoms with Crippen LogP contribution in [0, 0.1) is 0 Å². The van der Waals surface area contributed by atoms with Crippen LogP contribution in [0.2, 0.25) is 0 Å². The highest BCUT2D eigenvalue weighted by Gasteiger charge is 2.25. The minimum atomic E-state index is 0.260. The molecule has 5 aromatic rings. The molecule has 0 unspecified atom stereocenters. The molecule has 0 saturated carbocycles. The van der Waals surface area contributed by atoms with E-state index < -0.39 is 0 Å². The van der Waals surface area contributed by atoms with E-state index in [2.05, 4.69) is 72.4 Å². The third-order valence-corrected chi connectivity index (χ3v) is 6.47. The van der Waals surface area contributed by atoms with Crippen LogP contribution in [0.1, 0.15) is 11.1 Å². The monoisotopic (exact) mass is 422 g/mol. The summed E-state index contributed by atoms with van der Waals surface area (Å²) in [5.41, 5.74) is 3.68. The molecule has 0 N–H and O–H groups in total. The molecule has 0 spiro atoms. The van der Waals surface area contributed by atoms with Gasteiger partial charge in [0.2, 0.25) is 19.1 Å². The van der Waals surface area contributed by atoms with E-state index in [0.29, 0.717) is 0 Å². The van der Waals surface area contributed by atoms with E-state index in [-0.39, 0.29) is 13.6 Å². The topological polar surface area (TPSA) is 40.8 Å². The lowest BCUT2D eigenvalue weighted by Gasteiger charge is -2.13. The minimum absolute atomic E-state index is 0.260. The summed E-state index contributed by atoms with van der Waals surface area (Å²) < 4.78 is 25.1. The third-order valence-electron chi connectivity index (χ3n) is 6.47. The lowest BCUT2D eigenvalue weighted by Crippen LogP contribution is -2.28. The second kappa shape index (κ2) is 6.50. The van der Waals surface area contributed by atoms with Crippen molar-refractivity contribution in [2.24, 2.45) is 7.05 Å². The number of benzene rings is 4. The Kier molecular flexibility index (Phi) is 3.59. The summed E-state index contributed by atoms with van der Waals surface area (Å²) in [4.78, 5) is 0. The average molecular weight is 422 g/mol. The molecule has 0 amide bonds. The summed E-state index contributed by atoms with van der Waals surface area (Å²) in [6, 6.07) is 21.3. The first kappa shape index (κ1) is 17.7. The van der Waals surface area contributed by atoms with Crippen molar-refractivity contribution in [2.45, 2.75) is 6.42 Å². The Morgan fingerprint density at radius 2 is 1.41 bits per heavy atom. The highest BCUT2D eigenvalue weighted by atomic mass is 16.7. The summed E-state index contributed by atoms with van der Waals surface area (Å²) in [7, 11) is 2.08. The molecule has 5 nitrogen and oxygen atoms in total. The van der Waals surface area contributed by atoms with E-state index in [0.717, 1.165) is 51.1 Å². The zero-order valence-corrected chi connectivity index (χ0v) is 17.6. The van der Waals surface area contributed by atoms with Gasteiger partial charge in [0.05, 0.1) is 16.2 Å². The second-order valence-corrected chi connectivity index (χ2v) is 8.35. The number of aryl methyl sites for hydroxylation is 1. The highest BCUT2D eigenvalue weighted by Crippen LogP contribution is 2.44. The Labute approximate surface area is 184 Å². The molecule has 2 aliphatic rings. The van der Waals surface area contributed by atoms with Gasteiger partial charge in [-0.2, -0.15) is 4.57 Å². The lowest BCUT2D eigenvalue weighted by molar-refractivity contribution is -0.642. The Hall–Kier alpha value is -3.99. The SMILES string of the molecule is C[n+]1cc2c3c(ccc2c2cc(Cc4ccccc4)c4cc5c(cc4c21)OCO5)OCO3. The quantitative estimate of drug-likeness (QED) is 0.296. The first-order valence-corrected chi connectivity index (χ1v) is 10.7. The molecule has 156 valence electrons. The predicted octanol–water partition coefficient (Wildman–Crippen LogP) is 5.02. The van der Waals surface area contributed by atoms with Gasteiger partial charge in [-0.05, 0) is 53.3 Å². The first-order chi connectivity index (χ1) is 15.8. The number of ether oxygens (including phenoxy) is 4. The number of hydrogen-bond donors (Lipinski definition) is 0. The summed E-state index contributed by atoms with van der Waals surface area (Å²) in [5.74, 6) is 3.21. The normalized spacial score (nSPS) is 14.0. The van der Waals surface area contributed by atoms with E-state index in [1.54, 1.807) is 0 Å². The zero-order chi connectivity index (χ0) is 21.2. The number of rotatable bonds is 2. The lowest BCUT2D eigenvalue weighted by atomic mass is 9.93. The molecule has 32 heavy (non-hydrogen) atoms. The Morgan fingerprint density at radius 1 is 0.688 bits per heavy atom. The molecule has 0 fully saturated rings. The summed E-state index contributed by atoms with van der Waals surface area (Å²) >= 11 is 0. The standard InChI is InChI=1S/C27H20NO4/c1-28-13-22-18(7-8-23-27(22)32-15-29-23)20-10-17(9-16-5-3-2-4-6-16)19-11-24-25(31-14-30-24)12-21(19)26(20)28/h2-8,10-13H,9,14-15H2,1H3/q+1. The van der Waals surface area contributed by atoms with Crippen LogP contribution in [-0.2, 0) is 13.5 Å². The van der Waals surface area contributed by atoms with Crippen LogP contribution in [0.5, 0.6) is 23.0 Å². The van der Waals surface area contributed by atoms with E-state index >= 15 is 0 Å². The maximum atomic E-state index is 5.82. The molecule has 2 aliphatic heterocycles. The van der Waals surface area contributed by atoms with Gasteiger partial charge >= 0.3 is 0 Å². The van der Waals surface area contributed by atoms with Crippen molar-refractivity contribution >= 4 is 32.4 Å². The average Bonchev–Trinajstić information content (AvgIpc) is 3.47. The third kappa shape index (κ3) is 2.48. The van der Waals surface area contributed by atoms with Gasteiger partial charge in [0.15, 0.2) is 29.2 Å². The van der Waals surface area contributed by atoms with Crippen molar-refractivity contribution in [1.82, 2.24) is 0 Å². The maximum absolute atomic E-state index is 5.82. The number of pyridine rings is 1. The largest absolute Gasteiger partial charge is 0.454 e. The van der Waals surface area contributed by atoms with Gasteiger partial charge in [-0.25, -0.2) is 0 Å². The zero-order valence-electron chi connectivity index (χ0n) is 17.6. The van der Waals surface area contributed by atoms with E-state index in [1.165, 1.54) is 21.9 Å². The van der Waals surface area contributed by atoms with Crippen molar-refractivity contribution in [3.63, 3.8) is 0 Å². The molecule has 3 heterocycles. The van der Waals surface area contributed by atoms with Crippen LogP contribution >= 0.6 is 0 Å². The van der Waals surface area contributed by atoms with E-state index in [9.17, 15) is 0 Å². The fourth-order valence-corrected chi connectivity index (χ4v) is 5.03. The number of aromatic nitrogens is 1. The predicted molar refractivity (Wildman–Crippen MR) is 122 cm³/mol. The van der Waals surface area contributed by atoms with Crippen LogP contribution in [0.25, 0.3) is 32.4 Å². The fourth-order valence-electron chi connectivity index (χ4n) is 5.03. The van der Waals surface area contributed by atoms with Gasteiger partial charge in [0.1, 0.15) is 7.05 Å². The van der Waals surface area contributed by atoms with Gasteiger partial charge < -0.3 is 18.9 Å². The molecule has 5 heteroatoms. The minimum Gasteiger partial charge on any atom is -0.454 e. The van der Waals surface area contributed by atoms with Crippen LogP contribution in [-0.4, -0.2) is 13.6 Å². The van der Waals surface area contributed by atoms with Gasteiger partial charge in [-0.15, -0.1) is 0 Å². The number of hydrogen-bond acceptors (Lipinski definition) is 4. The maximum Gasteiger partial charge on any atom is 0.231 e. The first-order valence-electron chi connectivity index (χ1n) is 10.7. The molecule has 0 aliphatic carbocycles. The Bertz CT molecular complexity index is 1560. The van der Waals surface area contributed by atoms with Crippen molar-refractivity contribution in [3.05, 3.63) is 78.0 Å². The molecule has 0 bridgehead atoms. The molecule has 0 radical (unpaired) electrons. The smallest absolute Gasteiger partial charge is 0.231 e. The summed E-state index contributed by atoms with van der Waals surface area (Å²) in [5, 5.41) is 5.72. The molecule has 7 rings (SSSR count).